The number of hydrogen-bond acceptors (Lipinski definition) is 7. The lowest BCUT2D eigenvalue weighted by molar-refractivity contribution is -0.389. The summed E-state index contributed by atoms with van der Waals surface area (Å²) in [4.78, 5) is 37.2. The Hall–Kier alpha value is -3.82. The number of carbonyl (C=O) groups is 1. The molecule has 0 aliphatic rings. The van der Waals surface area contributed by atoms with Gasteiger partial charge in [0.2, 0.25) is 5.95 Å². The van der Waals surface area contributed by atoms with Crippen molar-refractivity contribution in [2.75, 3.05) is 17.2 Å². The van der Waals surface area contributed by atoms with Gasteiger partial charge in [-0.1, -0.05) is 18.2 Å². The highest BCUT2D eigenvalue weighted by Gasteiger charge is 2.10. The van der Waals surface area contributed by atoms with E-state index in [1.807, 2.05) is 6.07 Å². The molecule has 0 unspecified atom stereocenters. The van der Waals surface area contributed by atoms with Crippen molar-refractivity contribution in [1.29, 1.82) is 0 Å². The molecule has 2 heterocycles. The Morgan fingerprint density at radius 2 is 2.00 bits per heavy atom. The molecule has 138 valence electrons. The van der Waals surface area contributed by atoms with Crippen LogP contribution in [0.1, 0.15) is 22.6 Å². The Labute approximate surface area is 154 Å². The lowest BCUT2D eigenvalue weighted by Gasteiger charge is -2.07. The van der Waals surface area contributed by atoms with Crippen molar-refractivity contribution >= 4 is 23.5 Å². The van der Waals surface area contributed by atoms with Crippen LogP contribution < -0.4 is 10.6 Å². The van der Waals surface area contributed by atoms with E-state index >= 15 is 0 Å². The minimum Gasteiger partial charge on any atom is -0.358 e. The third kappa shape index (κ3) is 5.08. The van der Waals surface area contributed by atoms with Crippen molar-refractivity contribution < 1.29 is 9.72 Å². The molecule has 0 spiro atoms. The summed E-state index contributed by atoms with van der Waals surface area (Å²) >= 11 is 0. The van der Waals surface area contributed by atoms with Crippen molar-refractivity contribution in [3.63, 3.8) is 0 Å². The molecule has 0 bridgehead atoms. The fourth-order valence-electron chi connectivity index (χ4n) is 2.32. The van der Waals surface area contributed by atoms with E-state index in [1.54, 1.807) is 36.5 Å². The second kappa shape index (κ2) is 8.52. The number of imidazole rings is 1. The molecule has 3 aromatic rings. The maximum Gasteiger partial charge on any atom is 0.340 e. The monoisotopic (exact) mass is 367 g/mol. The first-order chi connectivity index (χ1) is 13.1. The zero-order valence-corrected chi connectivity index (χ0v) is 14.3. The Kier molecular flexibility index (Phi) is 5.67. The molecule has 0 aliphatic heterocycles. The summed E-state index contributed by atoms with van der Waals surface area (Å²) in [5.41, 5.74) is 0.540. The van der Waals surface area contributed by atoms with E-state index in [-0.39, 0.29) is 11.7 Å². The van der Waals surface area contributed by atoms with Crippen molar-refractivity contribution in [2.24, 2.45) is 0 Å². The molecule has 3 rings (SSSR count). The van der Waals surface area contributed by atoms with Crippen LogP contribution in [0.3, 0.4) is 0 Å². The first-order valence-corrected chi connectivity index (χ1v) is 8.23. The topological polar surface area (TPSA) is 139 Å². The van der Waals surface area contributed by atoms with Gasteiger partial charge in [0.25, 0.3) is 5.91 Å². The summed E-state index contributed by atoms with van der Waals surface area (Å²) in [6, 6.07) is 10.5. The molecule has 0 saturated heterocycles. The van der Waals surface area contributed by atoms with Gasteiger partial charge in [-0.3, -0.25) is 4.79 Å². The van der Waals surface area contributed by atoms with Gasteiger partial charge in [-0.05, 0) is 29.5 Å². The van der Waals surface area contributed by atoms with Gasteiger partial charge >= 0.3 is 5.82 Å². The molecule has 27 heavy (non-hydrogen) atoms. The van der Waals surface area contributed by atoms with Gasteiger partial charge in [0.15, 0.2) is 5.82 Å². The van der Waals surface area contributed by atoms with Gasteiger partial charge < -0.3 is 20.7 Å². The van der Waals surface area contributed by atoms with Gasteiger partial charge in [-0.15, -0.1) is 0 Å². The quantitative estimate of drug-likeness (QED) is 0.315. The van der Waals surface area contributed by atoms with Gasteiger partial charge in [0.05, 0.1) is 0 Å². The van der Waals surface area contributed by atoms with Crippen LogP contribution in [-0.2, 0) is 6.42 Å². The van der Waals surface area contributed by atoms with Crippen LogP contribution in [-0.4, -0.2) is 37.3 Å². The Balaban J connectivity index is 1.48. The Bertz CT molecular complexity index is 927. The van der Waals surface area contributed by atoms with E-state index in [4.69, 9.17) is 0 Å². The molecule has 1 aromatic carbocycles. The Morgan fingerprint density at radius 3 is 2.74 bits per heavy atom. The second-order valence-corrected chi connectivity index (χ2v) is 5.59. The molecule has 0 fully saturated rings. The first kappa shape index (κ1) is 18.0. The molecule has 10 heteroatoms. The zero-order chi connectivity index (χ0) is 19.1. The average Bonchev–Trinajstić information content (AvgIpc) is 3.16. The van der Waals surface area contributed by atoms with Crippen molar-refractivity contribution in [3.8, 4) is 0 Å². The fraction of sp³-hybridized carbons (Fsp3) is 0.176. The number of benzene rings is 1. The van der Waals surface area contributed by atoms with Gasteiger partial charge in [-0.25, -0.2) is 15.0 Å². The van der Waals surface area contributed by atoms with Crippen molar-refractivity contribution in [1.82, 2.24) is 19.9 Å². The highest BCUT2D eigenvalue weighted by Crippen LogP contribution is 2.10. The molecule has 0 saturated carbocycles. The van der Waals surface area contributed by atoms with Gasteiger partial charge in [0.1, 0.15) is 12.0 Å². The van der Waals surface area contributed by atoms with Crippen molar-refractivity contribution in [2.45, 2.75) is 12.8 Å². The third-order valence-corrected chi connectivity index (χ3v) is 3.62. The number of aromatic amines is 1. The maximum absolute atomic E-state index is 12.1. The number of amides is 1. The summed E-state index contributed by atoms with van der Waals surface area (Å²) in [6.07, 6.45) is 3.97. The third-order valence-electron chi connectivity index (χ3n) is 3.62. The van der Waals surface area contributed by atoms with Crippen LogP contribution in [0.5, 0.6) is 0 Å². The second-order valence-electron chi connectivity index (χ2n) is 5.59. The number of hydrogen-bond donors (Lipinski definition) is 3. The number of aryl methyl sites for hydroxylation is 1. The van der Waals surface area contributed by atoms with E-state index in [9.17, 15) is 14.9 Å². The number of H-pyrrole nitrogens is 1. The van der Waals surface area contributed by atoms with Crippen LogP contribution in [0.4, 0.5) is 17.6 Å². The number of anilines is 2. The predicted octanol–water partition coefficient (Wildman–Crippen LogP) is 2.40. The summed E-state index contributed by atoms with van der Waals surface area (Å²) in [5, 5.41) is 16.4. The molecule has 1 amide bonds. The molecule has 0 aliphatic carbocycles. The minimum absolute atomic E-state index is 0.122. The van der Waals surface area contributed by atoms with Gasteiger partial charge in [-0.2, -0.15) is 4.98 Å². The molecule has 3 N–H and O–H groups in total. The molecule has 10 nitrogen and oxygen atoms in total. The predicted molar refractivity (Wildman–Crippen MR) is 98.5 cm³/mol. The Morgan fingerprint density at radius 1 is 1.19 bits per heavy atom. The fourth-order valence-corrected chi connectivity index (χ4v) is 2.32. The zero-order valence-electron chi connectivity index (χ0n) is 14.3. The average molecular weight is 367 g/mol. The summed E-state index contributed by atoms with van der Waals surface area (Å²) in [7, 11) is 0. The SMILES string of the molecule is O=C(Nc1ccnc(NCCCc2ncc([N+](=O)[O-])[nH]2)n1)c1ccccc1. The molecule has 0 atom stereocenters. The standard InChI is InChI=1S/C17H17N7O3/c25-16(12-5-2-1-3-6-12)22-14-8-10-19-17(23-14)18-9-4-7-13-20-11-15(21-13)24(26)27/h1-3,5-6,8,10-11H,4,7,9H2,(H,20,21)(H2,18,19,22,23,25). The van der Waals surface area contributed by atoms with Crippen molar-refractivity contribution in [3.05, 3.63) is 70.3 Å². The summed E-state index contributed by atoms with van der Waals surface area (Å²) in [6.45, 7) is 0.546. The van der Waals surface area contributed by atoms with Crippen LogP contribution in [0.25, 0.3) is 0 Å². The summed E-state index contributed by atoms with van der Waals surface area (Å²) in [5.74, 6) is 0.949. The number of nitro groups is 1. The minimum atomic E-state index is -0.516. The first-order valence-electron chi connectivity index (χ1n) is 8.23. The normalized spacial score (nSPS) is 10.4. The lowest BCUT2D eigenvalue weighted by Crippen LogP contribution is -2.14. The van der Waals surface area contributed by atoms with E-state index in [1.165, 1.54) is 6.20 Å². The summed E-state index contributed by atoms with van der Waals surface area (Å²) < 4.78 is 0. The van der Waals surface area contributed by atoms with Crippen LogP contribution in [0.15, 0.2) is 48.8 Å². The molecule has 2 aromatic heterocycles. The highest BCUT2D eigenvalue weighted by atomic mass is 16.6. The molecular formula is C17H17N7O3. The maximum atomic E-state index is 12.1. The van der Waals surface area contributed by atoms with Gasteiger partial charge in [0, 0.05) is 24.7 Å². The molecular weight excluding hydrogens is 350 g/mol. The molecule has 0 radical (unpaired) electrons. The van der Waals surface area contributed by atoms with E-state index < -0.39 is 4.92 Å². The largest absolute Gasteiger partial charge is 0.358 e. The number of nitrogens with one attached hydrogen (secondary N) is 3. The van der Waals surface area contributed by atoms with E-state index in [0.717, 1.165) is 0 Å². The lowest BCUT2D eigenvalue weighted by atomic mass is 10.2. The van der Waals surface area contributed by atoms with Crippen LogP contribution >= 0.6 is 0 Å². The highest BCUT2D eigenvalue weighted by molar-refractivity contribution is 6.03. The number of aromatic nitrogens is 4. The number of carbonyl (C=O) groups excluding carboxylic acids is 1. The van der Waals surface area contributed by atoms with Crippen LogP contribution in [0, 0.1) is 10.1 Å². The van der Waals surface area contributed by atoms with E-state index in [0.29, 0.717) is 42.5 Å². The van der Waals surface area contributed by atoms with Crippen LogP contribution in [0.2, 0.25) is 0 Å². The smallest absolute Gasteiger partial charge is 0.340 e. The number of nitrogens with zero attached hydrogens (tertiary/aromatic N) is 4. The number of rotatable bonds is 8. The van der Waals surface area contributed by atoms with E-state index in [2.05, 4.69) is 30.6 Å².